The molecule has 0 spiro atoms. The van der Waals surface area contributed by atoms with E-state index >= 15 is 0 Å². The zero-order valence-corrected chi connectivity index (χ0v) is 12.6. The van der Waals surface area contributed by atoms with Crippen LogP contribution in [-0.4, -0.2) is 37.6 Å². The number of hydrogen-bond donors (Lipinski definition) is 4. The predicted octanol–water partition coefficient (Wildman–Crippen LogP) is 2.80. The molecule has 0 aromatic carbocycles. The van der Waals surface area contributed by atoms with Crippen LogP contribution in [0, 0.1) is 0 Å². The number of carboxylic acids is 1. The number of pyridine rings is 1. The largest absolute Gasteiger partial charge is 0.504 e. The monoisotopic (exact) mass is 337 g/mol. The van der Waals surface area contributed by atoms with Crippen LogP contribution in [0.25, 0.3) is 11.6 Å². The van der Waals surface area contributed by atoms with Gasteiger partial charge in [-0.2, -0.15) is 5.10 Å². The number of nitrogens with zero attached hydrogens (tertiary/aromatic N) is 3. The van der Waals surface area contributed by atoms with Gasteiger partial charge in [0.15, 0.2) is 22.9 Å². The van der Waals surface area contributed by atoms with Gasteiger partial charge in [-0.05, 0) is 18.2 Å². The summed E-state index contributed by atoms with van der Waals surface area (Å²) in [5, 5.41) is 28.8. The van der Waals surface area contributed by atoms with Gasteiger partial charge in [-0.15, -0.1) is 0 Å². The lowest BCUT2D eigenvalue weighted by atomic mass is 10.1. The zero-order chi connectivity index (χ0) is 17.4. The first kappa shape index (κ1) is 14.7. The van der Waals surface area contributed by atoms with Gasteiger partial charge in [0.25, 0.3) is 0 Å². The van der Waals surface area contributed by atoms with Crippen molar-refractivity contribution >= 4 is 41.4 Å². The second-order valence-electron chi connectivity index (χ2n) is 5.15. The number of carbonyl (C=O) groups is 1. The first-order chi connectivity index (χ1) is 12.1. The highest BCUT2D eigenvalue weighted by atomic mass is 16.4. The summed E-state index contributed by atoms with van der Waals surface area (Å²) in [7, 11) is 0. The first-order valence-corrected chi connectivity index (χ1v) is 7.20. The van der Waals surface area contributed by atoms with E-state index in [9.17, 15) is 15.0 Å². The molecule has 0 bridgehead atoms. The molecule has 25 heavy (non-hydrogen) atoms. The van der Waals surface area contributed by atoms with E-state index in [1.165, 1.54) is 12.3 Å². The standard InChI is InChI=1S/C16H11N5O4/c22-13-10(6-8-7-18-14-9(8)2-1-4-17-14)25-15(12(13)16(23)24)20-11-3-5-19-21-11/h1-7,22H,(H,23,24)(H2,19,20,21). The Hall–Kier alpha value is -3.88. The van der Waals surface area contributed by atoms with Gasteiger partial charge in [0.1, 0.15) is 5.82 Å². The average molecular weight is 337 g/mol. The van der Waals surface area contributed by atoms with Crippen molar-refractivity contribution in [1.29, 1.82) is 0 Å². The number of aromatic nitrogens is 3. The SMILES string of the molecule is O=C(O)c1c(Nc2ccn[nH]2)oc(C=C2C=Nc3ncccc32)c1O. The summed E-state index contributed by atoms with van der Waals surface area (Å²) in [6.07, 6.45) is 6.20. The smallest absolute Gasteiger partial charge is 0.345 e. The fourth-order valence-electron chi connectivity index (χ4n) is 2.45. The Bertz CT molecular complexity index is 1020. The van der Waals surface area contributed by atoms with Crippen molar-refractivity contribution in [1.82, 2.24) is 15.2 Å². The minimum absolute atomic E-state index is 0.00225. The number of hydrogen-bond acceptors (Lipinski definition) is 7. The van der Waals surface area contributed by atoms with E-state index < -0.39 is 11.7 Å². The van der Waals surface area contributed by atoms with Crippen LogP contribution in [0.5, 0.6) is 5.75 Å². The van der Waals surface area contributed by atoms with Crippen LogP contribution >= 0.6 is 0 Å². The number of H-pyrrole nitrogens is 1. The van der Waals surface area contributed by atoms with Gasteiger partial charge in [0.05, 0.1) is 6.20 Å². The van der Waals surface area contributed by atoms with Gasteiger partial charge in [-0.3, -0.25) is 5.10 Å². The van der Waals surface area contributed by atoms with Crippen molar-refractivity contribution in [3.05, 3.63) is 47.5 Å². The number of furan rings is 1. The summed E-state index contributed by atoms with van der Waals surface area (Å²) in [5.74, 6) is -0.940. The fraction of sp³-hybridized carbons (Fsp3) is 0. The van der Waals surface area contributed by atoms with Gasteiger partial charge < -0.3 is 19.9 Å². The van der Waals surface area contributed by atoms with Crippen LogP contribution in [0.1, 0.15) is 21.7 Å². The van der Waals surface area contributed by atoms with E-state index in [4.69, 9.17) is 4.42 Å². The number of carboxylic acid groups (broad SMARTS) is 1. The lowest BCUT2D eigenvalue weighted by Crippen LogP contribution is -2.00. The van der Waals surface area contributed by atoms with Crippen LogP contribution in [0.4, 0.5) is 17.5 Å². The fourth-order valence-corrected chi connectivity index (χ4v) is 2.45. The highest BCUT2D eigenvalue weighted by Crippen LogP contribution is 2.38. The van der Waals surface area contributed by atoms with Gasteiger partial charge in [0.2, 0.25) is 5.88 Å². The van der Waals surface area contributed by atoms with Gasteiger partial charge in [-0.1, -0.05) is 0 Å². The van der Waals surface area contributed by atoms with Crippen molar-refractivity contribution in [3.8, 4) is 5.75 Å². The van der Waals surface area contributed by atoms with Crippen LogP contribution in [0.2, 0.25) is 0 Å². The Morgan fingerprint density at radius 1 is 1.32 bits per heavy atom. The van der Waals surface area contributed by atoms with E-state index in [1.54, 1.807) is 24.5 Å². The first-order valence-electron chi connectivity index (χ1n) is 7.20. The minimum Gasteiger partial charge on any atom is -0.504 e. The van der Waals surface area contributed by atoms with Crippen LogP contribution in [0.3, 0.4) is 0 Å². The molecule has 0 fully saturated rings. The molecule has 124 valence electrons. The molecule has 3 aromatic heterocycles. The molecular formula is C16H11N5O4. The third-order valence-electron chi connectivity index (χ3n) is 3.58. The molecule has 0 aliphatic carbocycles. The number of fused-ring (bicyclic) bond motifs is 1. The van der Waals surface area contributed by atoms with Crippen molar-refractivity contribution in [2.75, 3.05) is 5.32 Å². The summed E-state index contributed by atoms with van der Waals surface area (Å²) in [6.45, 7) is 0. The maximum absolute atomic E-state index is 11.5. The number of aromatic hydroxyl groups is 1. The Morgan fingerprint density at radius 3 is 2.96 bits per heavy atom. The van der Waals surface area contributed by atoms with E-state index in [0.29, 0.717) is 17.2 Å². The highest BCUT2D eigenvalue weighted by molar-refractivity contribution is 6.21. The molecule has 0 radical (unpaired) electrons. The normalized spacial score (nSPS) is 14.0. The maximum atomic E-state index is 11.5. The number of anilines is 2. The molecule has 1 aliphatic heterocycles. The van der Waals surface area contributed by atoms with Gasteiger partial charge >= 0.3 is 5.97 Å². The van der Waals surface area contributed by atoms with E-state index in [-0.39, 0.29) is 17.2 Å². The number of aliphatic imine (C=N–C) groups is 1. The molecule has 4 rings (SSSR count). The number of nitrogens with one attached hydrogen (secondary N) is 2. The molecule has 0 saturated heterocycles. The molecule has 4 N–H and O–H groups in total. The second-order valence-corrected chi connectivity index (χ2v) is 5.15. The van der Waals surface area contributed by atoms with Crippen LogP contribution in [-0.2, 0) is 0 Å². The molecule has 0 amide bonds. The average Bonchev–Trinajstić information content (AvgIpc) is 3.30. The van der Waals surface area contributed by atoms with Crippen LogP contribution < -0.4 is 5.32 Å². The second kappa shape index (κ2) is 5.64. The van der Waals surface area contributed by atoms with E-state index in [1.807, 2.05) is 6.07 Å². The summed E-state index contributed by atoms with van der Waals surface area (Å²) < 4.78 is 5.51. The summed E-state index contributed by atoms with van der Waals surface area (Å²) in [6, 6.07) is 5.18. The van der Waals surface area contributed by atoms with Crippen molar-refractivity contribution in [3.63, 3.8) is 0 Å². The Labute approximate surface area is 140 Å². The molecule has 0 saturated carbocycles. The van der Waals surface area contributed by atoms with Crippen molar-refractivity contribution < 1.29 is 19.4 Å². The number of aromatic amines is 1. The number of aromatic carboxylic acids is 1. The Morgan fingerprint density at radius 2 is 2.20 bits per heavy atom. The van der Waals surface area contributed by atoms with Crippen molar-refractivity contribution in [2.45, 2.75) is 0 Å². The quantitative estimate of drug-likeness (QED) is 0.574. The summed E-state index contributed by atoms with van der Waals surface area (Å²) in [4.78, 5) is 19.8. The molecule has 1 aliphatic rings. The Balaban J connectivity index is 1.77. The van der Waals surface area contributed by atoms with E-state index in [0.717, 1.165) is 5.56 Å². The highest BCUT2D eigenvalue weighted by Gasteiger charge is 2.26. The summed E-state index contributed by atoms with van der Waals surface area (Å²) in [5.41, 5.74) is 1.04. The van der Waals surface area contributed by atoms with Gasteiger partial charge in [-0.25, -0.2) is 14.8 Å². The molecule has 9 nitrogen and oxygen atoms in total. The predicted molar refractivity (Wildman–Crippen MR) is 89.5 cm³/mol. The molecule has 0 unspecified atom stereocenters. The lowest BCUT2D eigenvalue weighted by Gasteiger charge is -1.99. The zero-order valence-electron chi connectivity index (χ0n) is 12.6. The lowest BCUT2D eigenvalue weighted by molar-refractivity contribution is 0.0695. The van der Waals surface area contributed by atoms with Gasteiger partial charge in [0, 0.05) is 29.6 Å². The molecular weight excluding hydrogens is 326 g/mol. The molecule has 3 aromatic rings. The molecule has 0 atom stereocenters. The van der Waals surface area contributed by atoms with Crippen LogP contribution in [0.15, 0.2) is 40.0 Å². The summed E-state index contributed by atoms with van der Waals surface area (Å²) >= 11 is 0. The minimum atomic E-state index is -1.32. The number of allylic oxidation sites excluding steroid dienone is 1. The molecule has 9 heteroatoms. The molecule has 4 heterocycles. The Kier molecular flexibility index (Phi) is 3.31. The van der Waals surface area contributed by atoms with Crippen molar-refractivity contribution in [2.24, 2.45) is 4.99 Å². The third-order valence-corrected chi connectivity index (χ3v) is 3.58. The maximum Gasteiger partial charge on any atom is 0.345 e. The third kappa shape index (κ3) is 2.53. The van der Waals surface area contributed by atoms with E-state index in [2.05, 4.69) is 25.5 Å². The topological polar surface area (TPSA) is 137 Å². The number of rotatable bonds is 4.